The fraction of sp³-hybridized carbons (Fsp3) is 0.571. The fourth-order valence-corrected chi connectivity index (χ4v) is 2.68. The Kier molecular flexibility index (Phi) is 3.50. The molecule has 1 aliphatic heterocycles. The lowest BCUT2D eigenvalue weighted by Crippen LogP contribution is -2.51. The molecule has 0 saturated carbocycles. The summed E-state index contributed by atoms with van der Waals surface area (Å²) in [4.78, 5) is 2.29. The molecule has 3 N–H and O–H groups in total. The van der Waals surface area contributed by atoms with Gasteiger partial charge in [-0.2, -0.15) is 0 Å². The van der Waals surface area contributed by atoms with Gasteiger partial charge in [-0.05, 0) is 39.0 Å². The first-order chi connectivity index (χ1) is 8.35. The van der Waals surface area contributed by atoms with Crippen molar-refractivity contribution in [3.63, 3.8) is 0 Å². The van der Waals surface area contributed by atoms with Crippen molar-refractivity contribution in [2.24, 2.45) is 0 Å². The first-order valence-electron chi connectivity index (χ1n) is 6.33. The average molecular weight is 250 g/mol. The van der Waals surface area contributed by atoms with Crippen LogP contribution < -0.4 is 5.73 Å². The lowest BCUT2D eigenvalue weighted by molar-refractivity contribution is -0.130. The Morgan fingerprint density at radius 1 is 1.50 bits per heavy atom. The van der Waals surface area contributed by atoms with Gasteiger partial charge in [0.05, 0.1) is 11.7 Å². The van der Waals surface area contributed by atoms with Gasteiger partial charge in [0.25, 0.3) is 0 Å². The summed E-state index contributed by atoms with van der Waals surface area (Å²) in [5.41, 5.74) is 7.17. The molecule has 1 heterocycles. The number of morpholine rings is 1. The summed E-state index contributed by atoms with van der Waals surface area (Å²) >= 11 is 0. The van der Waals surface area contributed by atoms with Gasteiger partial charge >= 0.3 is 0 Å². The summed E-state index contributed by atoms with van der Waals surface area (Å²) in [7, 11) is 0. The van der Waals surface area contributed by atoms with Gasteiger partial charge < -0.3 is 15.6 Å². The highest BCUT2D eigenvalue weighted by Gasteiger charge is 2.31. The number of benzene rings is 1. The number of phenols is 1. The first kappa shape index (κ1) is 13.2. The molecule has 1 aliphatic rings. The second kappa shape index (κ2) is 4.78. The van der Waals surface area contributed by atoms with Crippen molar-refractivity contribution < 1.29 is 9.84 Å². The Hall–Kier alpha value is -1.26. The lowest BCUT2D eigenvalue weighted by Gasteiger charge is -2.41. The monoisotopic (exact) mass is 250 g/mol. The van der Waals surface area contributed by atoms with Crippen LogP contribution in [0.1, 0.15) is 26.3 Å². The first-order valence-corrected chi connectivity index (χ1v) is 6.33. The van der Waals surface area contributed by atoms with Gasteiger partial charge in [0.2, 0.25) is 0 Å². The minimum Gasteiger partial charge on any atom is -0.508 e. The van der Waals surface area contributed by atoms with E-state index >= 15 is 0 Å². The van der Waals surface area contributed by atoms with E-state index in [0.29, 0.717) is 18.0 Å². The van der Waals surface area contributed by atoms with E-state index in [0.717, 1.165) is 18.7 Å². The molecule has 1 aromatic carbocycles. The maximum atomic E-state index is 9.85. The van der Waals surface area contributed by atoms with E-state index in [1.165, 1.54) is 0 Å². The number of rotatable bonds is 2. The Morgan fingerprint density at radius 2 is 2.22 bits per heavy atom. The molecule has 0 spiro atoms. The maximum Gasteiger partial charge on any atom is 0.120 e. The molecule has 18 heavy (non-hydrogen) atoms. The summed E-state index contributed by atoms with van der Waals surface area (Å²) in [5.74, 6) is 0.307. The fourth-order valence-electron chi connectivity index (χ4n) is 2.68. The predicted molar refractivity (Wildman–Crippen MR) is 72.4 cm³/mol. The quantitative estimate of drug-likeness (QED) is 0.622. The molecular formula is C14H22N2O2. The van der Waals surface area contributed by atoms with Crippen LogP contribution in [0.25, 0.3) is 0 Å². The zero-order valence-corrected chi connectivity index (χ0v) is 11.3. The number of aromatic hydroxyl groups is 1. The smallest absolute Gasteiger partial charge is 0.120 e. The summed E-state index contributed by atoms with van der Waals surface area (Å²) < 4.78 is 5.87. The molecule has 0 bridgehead atoms. The molecule has 1 atom stereocenters. The molecule has 100 valence electrons. The third-order valence-electron chi connectivity index (χ3n) is 3.14. The largest absolute Gasteiger partial charge is 0.508 e. The summed E-state index contributed by atoms with van der Waals surface area (Å²) in [6.45, 7) is 8.69. The highest BCUT2D eigenvalue weighted by molar-refractivity contribution is 5.47. The number of hydrogen-bond acceptors (Lipinski definition) is 4. The molecule has 0 radical (unpaired) electrons. The molecule has 0 aliphatic carbocycles. The maximum absolute atomic E-state index is 9.85. The SMILES string of the molecule is CC1CN(Cc2cc(N)ccc2O)CC(C)(C)O1. The van der Waals surface area contributed by atoms with E-state index in [9.17, 15) is 5.11 Å². The predicted octanol–water partition coefficient (Wildman–Crippen LogP) is 1.97. The minimum atomic E-state index is -0.145. The molecule has 1 unspecified atom stereocenters. The van der Waals surface area contributed by atoms with Gasteiger partial charge in [0.1, 0.15) is 5.75 Å². The van der Waals surface area contributed by atoms with Crippen LogP contribution in [-0.2, 0) is 11.3 Å². The molecule has 0 amide bonds. The van der Waals surface area contributed by atoms with Gasteiger partial charge in [-0.3, -0.25) is 4.90 Å². The van der Waals surface area contributed by atoms with Crippen molar-refractivity contribution in [2.45, 2.75) is 39.0 Å². The summed E-state index contributed by atoms with van der Waals surface area (Å²) in [6.07, 6.45) is 0.206. The second-order valence-electron chi connectivity index (χ2n) is 5.75. The van der Waals surface area contributed by atoms with Crippen molar-refractivity contribution in [1.82, 2.24) is 4.90 Å². The molecule has 4 heteroatoms. The van der Waals surface area contributed by atoms with E-state index in [-0.39, 0.29) is 11.7 Å². The van der Waals surface area contributed by atoms with Crippen LogP contribution in [0.3, 0.4) is 0 Å². The molecule has 0 aromatic heterocycles. The average Bonchev–Trinajstić information content (AvgIpc) is 2.20. The number of anilines is 1. The highest BCUT2D eigenvalue weighted by atomic mass is 16.5. The van der Waals surface area contributed by atoms with E-state index in [2.05, 4.69) is 25.7 Å². The van der Waals surface area contributed by atoms with Crippen molar-refractivity contribution >= 4 is 5.69 Å². The van der Waals surface area contributed by atoms with Gasteiger partial charge in [0.15, 0.2) is 0 Å². The van der Waals surface area contributed by atoms with E-state index in [4.69, 9.17) is 10.5 Å². The molecule has 1 fully saturated rings. The van der Waals surface area contributed by atoms with Crippen molar-refractivity contribution in [3.8, 4) is 5.75 Å². The molecule has 4 nitrogen and oxygen atoms in total. The molecule has 2 rings (SSSR count). The van der Waals surface area contributed by atoms with Gasteiger partial charge in [-0.25, -0.2) is 0 Å². The number of nitrogens with two attached hydrogens (primary N) is 1. The number of nitrogen functional groups attached to an aromatic ring is 1. The zero-order valence-electron chi connectivity index (χ0n) is 11.3. The summed E-state index contributed by atoms with van der Waals surface area (Å²) in [6, 6.07) is 5.20. The molecular weight excluding hydrogens is 228 g/mol. The van der Waals surface area contributed by atoms with Crippen LogP contribution in [0.2, 0.25) is 0 Å². The normalized spacial score (nSPS) is 24.1. The van der Waals surface area contributed by atoms with E-state index in [1.807, 2.05) is 6.07 Å². The standard InChI is InChI=1S/C14H22N2O2/c1-10-7-16(9-14(2,3)18-10)8-11-6-12(15)4-5-13(11)17/h4-6,10,17H,7-9,15H2,1-3H3. The van der Waals surface area contributed by atoms with Crippen molar-refractivity contribution in [2.75, 3.05) is 18.8 Å². The molecule has 1 aromatic rings. The van der Waals surface area contributed by atoms with Crippen LogP contribution in [-0.4, -0.2) is 34.8 Å². The Bertz CT molecular complexity index is 432. The third kappa shape index (κ3) is 3.15. The van der Waals surface area contributed by atoms with E-state index in [1.54, 1.807) is 12.1 Å². The number of phenolic OH excluding ortho intramolecular Hbond substituents is 1. The van der Waals surface area contributed by atoms with Crippen LogP contribution in [0.15, 0.2) is 18.2 Å². The molecule has 1 saturated heterocycles. The van der Waals surface area contributed by atoms with Crippen LogP contribution in [0.5, 0.6) is 5.75 Å². The Morgan fingerprint density at radius 3 is 2.89 bits per heavy atom. The number of nitrogens with zero attached hydrogens (tertiary/aromatic N) is 1. The lowest BCUT2D eigenvalue weighted by atomic mass is 10.0. The van der Waals surface area contributed by atoms with Gasteiger partial charge in [0, 0.05) is 30.9 Å². The van der Waals surface area contributed by atoms with Gasteiger partial charge in [-0.15, -0.1) is 0 Å². The van der Waals surface area contributed by atoms with Gasteiger partial charge in [-0.1, -0.05) is 0 Å². The zero-order chi connectivity index (χ0) is 13.3. The van der Waals surface area contributed by atoms with Crippen LogP contribution in [0.4, 0.5) is 5.69 Å². The number of hydrogen-bond donors (Lipinski definition) is 2. The van der Waals surface area contributed by atoms with Crippen molar-refractivity contribution in [1.29, 1.82) is 0 Å². The van der Waals surface area contributed by atoms with Crippen LogP contribution in [0, 0.1) is 0 Å². The van der Waals surface area contributed by atoms with E-state index < -0.39 is 0 Å². The third-order valence-corrected chi connectivity index (χ3v) is 3.14. The summed E-state index contributed by atoms with van der Waals surface area (Å²) in [5, 5.41) is 9.85. The van der Waals surface area contributed by atoms with Crippen LogP contribution >= 0.6 is 0 Å². The minimum absolute atomic E-state index is 0.145. The Labute approximate surface area is 108 Å². The van der Waals surface area contributed by atoms with Crippen molar-refractivity contribution in [3.05, 3.63) is 23.8 Å². The highest BCUT2D eigenvalue weighted by Crippen LogP contribution is 2.26. The number of ether oxygens (including phenoxy) is 1. The topological polar surface area (TPSA) is 58.7 Å². The Balaban J connectivity index is 2.11. The second-order valence-corrected chi connectivity index (χ2v) is 5.75.